The summed E-state index contributed by atoms with van der Waals surface area (Å²) in [4.78, 5) is 12.4. The van der Waals surface area contributed by atoms with Crippen LogP contribution in [0.5, 0.6) is 0 Å². The third kappa shape index (κ3) is 4.17. The first-order valence-electron chi connectivity index (χ1n) is 8.50. The van der Waals surface area contributed by atoms with Gasteiger partial charge in [0.25, 0.3) is 5.91 Å². The van der Waals surface area contributed by atoms with Crippen molar-refractivity contribution in [2.24, 2.45) is 0 Å². The van der Waals surface area contributed by atoms with Crippen molar-refractivity contribution < 1.29 is 18.1 Å². The van der Waals surface area contributed by atoms with Gasteiger partial charge in [-0.15, -0.1) is 0 Å². The molecule has 29 heavy (non-hydrogen) atoms. The van der Waals surface area contributed by atoms with Crippen LogP contribution in [-0.2, 0) is 6.54 Å². The van der Waals surface area contributed by atoms with E-state index in [4.69, 9.17) is 16.1 Å². The molecule has 1 N–H and O–H groups in total. The molecule has 0 bridgehead atoms. The number of halogens is 3. The van der Waals surface area contributed by atoms with E-state index in [2.05, 4.69) is 15.6 Å². The Kier molecular flexibility index (Phi) is 5.09. The SMILES string of the molecule is O=C(Nc1nn(Cc2ccccc2F)cc1Cl)c1cc(-c2ccc(F)cc2)on1. The predicted molar refractivity (Wildman–Crippen MR) is 103 cm³/mol. The van der Waals surface area contributed by atoms with Crippen molar-refractivity contribution >= 4 is 23.3 Å². The Labute approximate surface area is 168 Å². The number of amides is 1. The minimum absolute atomic E-state index is 0.00375. The number of rotatable bonds is 5. The smallest absolute Gasteiger partial charge is 0.279 e. The fraction of sp³-hybridized carbons (Fsp3) is 0.0500. The average Bonchev–Trinajstić information content (AvgIpc) is 3.32. The molecule has 6 nitrogen and oxygen atoms in total. The first-order chi connectivity index (χ1) is 14.0. The molecule has 0 saturated carbocycles. The maximum Gasteiger partial charge on any atom is 0.279 e. The Morgan fingerprint density at radius 3 is 2.66 bits per heavy atom. The van der Waals surface area contributed by atoms with Crippen LogP contribution in [0.4, 0.5) is 14.6 Å². The Balaban J connectivity index is 1.48. The summed E-state index contributed by atoms with van der Waals surface area (Å²) in [5, 5.41) is 10.6. The van der Waals surface area contributed by atoms with E-state index in [1.54, 1.807) is 18.2 Å². The lowest BCUT2D eigenvalue weighted by Crippen LogP contribution is -2.13. The van der Waals surface area contributed by atoms with E-state index in [1.807, 2.05) is 0 Å². The molecule has 0 aliphatic carbocycles. The van der Waals surface area contributed by atoms with E-state index in [-0.39, 0.29) is 34.7 Å². The summed E-state index contributed by atoms with van der Waals surface area (Å²) in [5.74, 6) is -0.904. The highest BCUT2D eigenvalue weighted by atomic mass is 35.5. The lowest BCUT2D eigenvalue weighted by molar-refractivity contribution is 0.101. The summed E-state index contributed by atoms with van der Waals surface area (Å²) in [6.07, 6.45) is 1.48. The van der Waals surface area contributed by atoms with Crippen LogP contribution in [-0.4, -0.2) is 20.8 Å². The summed E-state index contributed by atoms with van der Waals surface area (Å²) >= 11 is 6.13. The summed E-state index contributed by atoms with van der Waals surface area (Å²) in [6, 6.07) is 13.3. The summed E-state index contributed by atoms with van der Waals surface area (Å²) in [6.45, 7) is 0.154. The number of hydrogen-bond donors (Lipinski definition) is 1. The molecule has 2 heterocycles. The molecule has 2 aromatic carbocycles. The van der Waals surface area contributed by atoms with E-state index in [9.17, 15) is 13.6 Å². The van der Waals surface area contributed by atoms with Gasteiger partial charge in [-0.1, -0.05) is 35.0 Å². The van der Waals surface area contributed by atoms with E-state index in [1.165, 1.54) is 47.3 Å². The molecule has 0 saturated heterocycles. The van der Waals surface area contributed by atoms with Crippen LogP contribution >= 0.6 is 11.6 Å². The van der Waals surface area contributed by atoms with E-state index in [0.717, 1.165) is 0 Å². The highest BCUT2D eigenvalue weighted by Gasteiger charge is 2.17. The van der Waals surface area contributed by atoms with Crippen LogP contribution in [0, 0.1) is 11.6 Å². The molecule has 0 radical (unpaired) electrons. The lowest BCUT2D eigenvalue weighted by Gasteiger charge is -2.03. The predicted octanol–water partition coefficient (Wildman–Crippen LogP) is 4.77. The quantitative estimate of drug-likeness (QED) is 0.510. The Morgan fingerprint density at radius 1 is 1.14 bits per heavy atom. The number of anilines is 1. The zero-order chi connectivity index (χ0) is 20.4. The van der Waals surface area contributed by atoms with Gasteiger partial charge < -0.3 is 9.84 Å². The van der Waals surface area contributed by atoms with Crippen LogP contribution in [0.3, 0.4) is 0 Å². The molecule has 0 unspecified atom stereocenters. The molecule has 4 rings (SSSR count). The molecule has 0 spiro atoms. The summed E-state index contributed by atoms with van der Waals surface area (Å²) in [7, 11) is 0. The highest BCUT2D eigenvalue weighted by Crippen LogP contribution is 2.23. The van der Waals surface area contributed by atoms with Gasteiger partial charge in [0.2, 0.25) is 0 Å². The Hall–Kier alpha value is -3.52. The maximum atomic E-state index is 13.8. The van der Waals surface area contributed by atoms with Gasteiger partial charge in [0.15, 0.2) is 17.3 Å². The van der Waals surface area contributed by atoms with Crippen molar-refractivity contribution in [2.45, 2.75) is 6.54 Å². The van der Waals surface area contributed by atoms with Crippen LogP contribution in [0.2, 0.25) is 5.02 Å². The van der Waals surface area contributed by atoms with Crippen molar-refractivity contribution in [2.75, 3.05) is 5.32 Å². The number of benzene rings is 2. The molecule has 0 aliphatic heterocycles. The van der Waals surface area contributed by atoms with E-state index >= 15 is 0 Å². The second-order valence-corrected chi connectivity index (χ2v) is 6.56. The fourth-order valence-electron chi connectivity index (χ4n) is 2.67. The van der Waals surface area contributed by atoms with Crippen molar-refractivity contribution in [3.05, 3.63) is 88.7 Å². The molecule has 0 aliphatic rings. The number of nitrogens with zero attached hydrogens (tertiary/aromatic N) is 3. The molecule has 4 aromatic rings. The monoisotopic (exact) mass is 414 g/mol. The highest BCUT2D eigenvalue weighted by molar-refractivity contribution is 6.33. The minimum Gasteiger partial charge on any atom is -0.355 e. The van der Waals surface area contributed by atoms with Gasteiger partial charge in [0, 0.05) is 23.4 Å². The number of carbonyl (C=O) groups excluding carboxylic acids is 1. The van der Waals surface area contributed by atoms with Gasteiger partial charge in [-0.3, -0.25) is 9.48 Å². The second kappa shape index (κ2) is 7.84. The molecule has 1 amide bonds. The zero-order valence-electron chi connectivity index (χ0n) is 14.8. The molecule has 2 aromatic heterocycles. The average molecular weight is 415 g/mol. The van der Waals surface area contributed by atoms with E-state index in [0.29, 0.717) is 16.9 Å². The molecule has 9 heteroatoms. The van der Waals surface area contributed by atoms with Gasteiger partial charge in [-0.25, -0.2) is 8.78 Å². The standard InChI is InChI=1S/C20H13ClF2N4O2/c21-15-11-27(10-13-3-1-2-4-16(13)23)25-19(15)24-20(28)17-9-18(29-26-17)12-5-7-14(22)8-6-12/h1-9,11H,10H2,(H,24,25,28). The number of carbonyl (C=O) groups is 1. The van der Waals surface area contributed by atoms with Crippen molar-refractivity contribution in [1.82, 2.24) is 14.9 Å². The molecular weight excluding hydrogens is 402 g/mol. The zero-order valence-corrected chi connectivity index (χ0v) is 15.5. The van der Waals surface area contributed by atoms with Gasteiger partial charge in [0.05, 0.1) is 6.54 Å². The minimum atomic E-state index is -0.583. The lowest BCUT2D eigenvalue weighted by atomic mass is 10.1. The molecule has 0 atom stereocenters. The topological polar surface area (TPSA) is 73.0 Å². The van der Waals surface area contributed by atoms with E-state index < -0.39 is 5.91 Å². The third-order valence-electron chi connectivity index (χ3n) is 4.11. The van der Waals surface area contributed by atoms with Crippen molar-refractivity contribution in [3.63, 3.8) is 0 Å². The van der Waals surface area contributed by atoms with Crippen molar-refractivity contribution in [1.29, 1.82) is 0 Å². The number of hydrogen-bond acceptors (Lipinski definition) is 4. The van der Waals surface area contributed by atoms with Gasteiger partial charge in [-0.05, 0) is 30.3 Å². The molecular formula is C20H13ClF2N4O2. The molecule has 0 fully saturated rings. The summed E-state index contributed by atoms with van der Waals surface area (Å²) in [5.41, 5.74) is 1.01. The third-order valence-corrected chi connectivity index (χ3v) is 4.39. The van der Waals surface area contributed by atoms with Crippen LogP contribution in [0.25, 0.3) is 11.3 Å². The summed E-state index contributed by atoms with van der Waals surface area (Å²) < 4.78 is 33.4. The van der Waals surface area contributed by atoms with Crippen LogP contribution < -0.4 is 5.32 Å². The normalized spacial score (nSPS) is 10.9. The number of aromatic nitrogens is 3. The first-order valence-corrected chi connectivity index (χ1v) is 8.88. The maximum absolute atomic E-state index is 13.8. The fourth-order valence-corrected chi connectivity index (χ4v) is 2.87. The van der Waals surface area contributed by atoms with Crippen LogP contribution in [0.1, 0.15) is 16.1 Å². The first kappa shape index (κ1) is 18.8. The van der Waals surface area contributed by atoms with Gasteiger partial charge in [0.1, 0.15) is 16.7 Å². The van der Waals surface area contributed by atoms with Gasteiger partial charge >= 0.3 is 0 Å². The van der Waals surface area contributed by atoms with Gasteiger partial charge in [-0.2, -0.15) is 5.10 Å². The Bertz CT molecular complexity index is 1170. The number of nitrogens with one attached hydrogen (secondary N) is 1. The van der Waals surface area contributed by atoms with Crippen molar-refractivity contribution in [3.8, 4) is 11.3 Å². The van der Waals surface area contributed by atoms with Crippen LogP contribution in [0.15, 0.2) is 65.3 Å². The molecule has 146 valence electrons. The Morgan fingerprint density at radius 2 is 1.90 bits per heavy atom. The second-order valence-electron chi connectivity index (χ2n) is 6.15. The largest absolute Gasteiger partial charge is 0.355 e.